The van der Waals surface area contributed by atoms with Gasteiger partial charge in [0.15, 0.2) is 0 Å². The average molecular weight is 408 g/mol. The van der Waals surface area contributed by atoms with E-state index < -0.39 is 0 Å². The molecule has 0 fully saturated rings. The van der Waals surface area contributed by atoms with Crippen molar-refractivity contribution in [2.45, 2.75) is 39.5 Å². The first-order valence-electron chi connectivity index (χ1n) is 10.9. The van der Waals surface area contributed by atoms with Gasteiger partial charge < -0.3 is 5.32 Å². The molecular weight excluding hydrogens is 378 g/mol. The van der Waals surface area contributed by atoms with Crippen LogP contribution >= 0.6 is 0 Å². The quantitative estimate of drug-likeness (QED) is 0.329. The van der Waals surface area contributed by atoms with Gasteiger partial charge in [-0.25, -0.2) is 0 Å². The fourth-order valence-electron chi connectivity index (χ4n) is 3.87. The molecule has 1 aromatic heterocycles. The highest BCUT2D eigenvalue weighted by atomic mass is 14.9. The third-order valence-corrected chi connectivity index (χ3v) is 5.54. The van der Waals surface area contributed by atoms with Gasteiger partial charge in [0.1, 0.15) is 0 Å². The number of hydrogen-bond donors (Lipinski definition) is 1. The summed E-state index contributed by atoms with van der Waals surface area (Å²) in [4.78, 5) is 9.57. The highest BCUT2D eigenvalue weighted by molar-refractivity contribution is 5.96. The normalized spacial score (nSPS) is 11.7. The summed E-state index contributed by atoms with van der Waals surface area (Å²) in [6.07, 6.45) is 3.81. The molecule has 1 N–H and O–H groups in total. The van der Waals surface area contributed by atoms with E-state index in [0.717, 1.165) is 33.5 Å². The Labute approximate surface area is 184 Å². The molecule has 0 saturated carbocycles. The molecule has 0 saturated heterocycles. The predicted octanol–water partition coefficient (Wildman–Crippen LogP) is 7.98. The van der Waals surface area contributed by atoms with Gasteiger partial charge >= 0.3 is 0 Å². The average Bonchev–Trinajstić information content (AvgIpc) is 2.78. The summed E-state index contributed by atoms with van der Waals surface area (Å²) in [6, 6.07) is 25.0. The van der Waals surface area contributed by atoms with Gasteiger partial charge in [0, 0.05) is 29.0 Å². The first-order chi connectivity index (χ1) is 15.0. The lowest BCUT2D eigenvalue weighted by molar-refractivity contribution is 0.835. The summed E-state index contributed by atoms with van der Waals surface area (Å²) in [6.45, 7) is 8.89. The van der Waals surface area contributed by atoms with E-state index in [2.05, 4.69) is 92.6 Å². The van der Waals surface area contributed by atoms with Crippen molar-refractivity contribution in [1.82, 2.24) is 4.98 Å². The lowest BCUT2D eigenvalue weighted by Crippen LogP contribution is -1.98. The smallest absolute Gasteiger partial charge is 0.0936 e. The molecule has 0 aliphatic heterocycles. The monoisotopic (exact) mass is 407 g/mol. The number of hydrogen-bond acceptors (Lipinski definition) is 3. The maximum atomic E-state index is 5.00. The summed E-state index contributed by atoms with van der Waals surface area (Å²) < 4.78 is 0. The Bertz CT molecular complexity index is 1190. The Kier molecular flexibility index (Phi) is 6.13. The van der Waals surface area contributed by atoms with E-state index in [1.165, 1.54) is 11.1 Å². The lowest BCUT2D eigenvalue weighted by atomic mass is 9.93. The minimum absolute atomic E-state index is 0.418. The standard InChI is InChI=1S/C28H29N3/c1-19(2)23-13-8-14-24(20(3)4)28(23)30-18-22-10-5-6-15-25(22)31-26-16-7-11-21-12-9-17-29-27(21)26/h5-20,31H,1-4H3. The zero-order chi connectivity index (χ0) is 21.8. The van der Waals surface area contributed by atoms with E-state index >= 15 is 0 Å². The first-order valence-corrected chi connectivity index (χ1v) is 10.9. The molecule has 1 heterocycles. The summed E-state index contributed by atoms with van der Waals surface area (Å²) in [5.41, 5.74) is 7.67. The van der Waals surface area contributed by atoms with Gasteiger partial charge in [0.25, 0.3) is 0 Å². The molecule has 156 valence electrons. The summed E-state index contributed by atoms with van der Waals surface area (Å²) >= 11 is 0. The molecule has 0 spiro atoms. The number of aliphatic imine (C=N–C) groups is 1. The number of nitrogens with zero attached hydrogens (tertiary/aromatic N) is 2. The van der Waals surface area contributed by atoms with Crippen molar-refractivity contribution in [2.75, 3.05) is 5.32 Å². The third kappa shape index (κ3) is 4.51. The molecule has 0 amide bonds. The summed E-state index contributed by atoms with van der Waals surface area (Å²) in [7, 11) is 0. The maximum absolute atomic E-state index is 5.00. The van der Waals surface area contributed by atoms with Crippen LogP contribution in [0.4, 0.5) is 17.1 Å². The molecule has 4 aromatic rings. The first kappa shape index (κ1) is 20.8. The molecule has 0 radical (unpaired) electrons. The van der Waals surface area contributed by atoms with Gasteiger partial charge in [-0.2, -0.15) is 0 Å². The van der Waals surface area contributed by atoms with Gasteiger partial charge in [0.05, 0.1) is 16.9 Å². The third-order valence-electron chi connectivity index (χ3n) is 5.54. The maximum Gasteiger partial charge on any atom is 0.0936 e. The van der Waals surface area contributed by atoms with Crippen LogP contribution in [0.3, 0.4) is 0 Å². The van der Waals surface area contributed by atoms with Crippen molar-refractivity contribution in [2.24, 2.45) is 4.99 Å². The Morgan fingerprint density at radius 1 is 0.742 bits per heavy atom. The number of rotatable bonds is 6. The van der Waals surface area contributed by atoms with E-state index in [0.29, 0.717) is 11.8 Å². The molecule has 31 heavy (non-hydrogen) atoms. The van der Waals surface area contributed by atoms with Crippen molar-refractivity contribution in [3.8, 4) is 0 Å². The molecule has 3 nitrogen and oxygen atoms in total. The van der Waals surface area contributed by atoms with E-state index in [4.69, 9.17) is 4.99 Å². The van der Waals surface area contributed by atoms with Gasteiger partial charge in [-0.3, -0.25) is 9.98 Å². The van der Waals surface area contributed by atoms with Crippen LogP contribution in [0.25, 0.3) is 10.9 Å². The fraction of sp³-hybridized carbons (Fsp3) is 0.214. The molecule has 0 aliphatic carbocycles. The van der Waals surface area contributed by atoms with Crippen LogP contribution in [-0.4, -0.2) is 11.2 Å². The van der Waals surface area contributed by atoms with Crippen LogP contribution < -0.4 is 5.32 Å². The van der Waals surface area contributed by atoms with Crippen LogP contribution in [0, 0.1) is 0 Å². The highest BCUT2D eigenvalue weighted by Gasteiger charge is 2.13. The van der Waals surface area contributed by atoms with E-state index in [-0.39, 0.29) is 0 Å². The zero-order valence-corrected chi connectivity index (χ0v) is 18.6. The number of nitrogens with one attached hydrogen (secondary N) is 1. The number of fused-ring (bicyclic) bond motifs is 1. The second-order valence-electron chi connectivity index (χ2n) is 8.45. The number of pyridine rings is 1. The lowest BCUT2D eigenvalue weighted by Gasteiger charge is -2.16. The minimum Gasteiger partial charge on any atom is -0.353 e. The van der Waals surface area contributed by atoms with Crippen LogP contribution in [-0.2, 0) is 0 Å². The van der Waals surface area contributed by atoms with Crippen LogP contribution in [0.15, 0.2) is 84.0 Å². The van der Waals surface area contributed by atoms with Gasteiger partial charge in [0.2, 0.25) is 0 Å². The van der Waals surface area contributed by atoms with Crippen molar-refractivity contribution in [3.05, 3.63) is 95.7 Å². The molecule has 0 bridgehead atoms. The number of aromatic nitrogens is 1. The Hall–Kier alpha value is -3.46. The van der Waals surface area contributed by atoms with Crippen molar-refractivity contribution < 1.29 is 0 Å². The van der Waals surface area contributed by atoms with E-state index in [1.54, 1.807) is 0 Å². The molecule has 3 aromatic carbocycles. The topological polar surface area (TPSA) is 37.3 Å². The molecular formula is C28H29N3. The van der Waals surface area contributed by atoms with Crippen molar-refractivity contribution in [1.29, 1.82) is 0 Å². The van der Waals surface area contributed by atoms with E-state index in [1.807, 2.05) is 30.6 Å². The largest absolute Gasteiger partial charge is 0.353 e. The minimum atomic E-state index is 0.418. The van der Waals surface area contributed by atoms with Gasteiger partial charge in [-0.05, 0) is 41.2 Å². The summed E-state index contributed by atoms with van der Waals surface area (Å²) in [5, 5.41) is 4.69. The van der Waals surface area contributed by atoms with Gasteiger partial charge in [-0.15, -0.1) is 0 Å². The number of benzene rings is 3. The van der Waals surface area contributed by atoms with Gasteiger partial charge in [-0.1, -0.05) is 82.3 Å². The van der Waals surface area contributed by atoms with Crippen LogP contribution in [0.2, 0.25) is 0 Å². The number of para-hydroxylation sites is 3. The zero-order valence-electron chi connectivity index (χ0n) is 18.6. The van der Waals surface area contributed by atoms with Crippen LogP contribution in [0.5, 0.6) is 0 Å². The predicted molar refractivity (Wildman–Crippen MR) is 133 cm³/mol. The van der Waals surface area contributed by atoms with E-state index in [9.17, 15) is 0 Å². The highest BCUT2D eigenvalue weighted by Crippen LogP contribution is 2.35. The molecule has 0 unspecified atom stereocenters. The Morgan fingerprint density at radius 2 is 1.39 bits per heavy atom. The number of anilines is 2. The second-order valence-corrected chi connectivity index (χ2v) is 8.45. The summed E-state index contributed by atoms with van der Waals surface area (Å²) in [5.74, 6) is 0.835. The Morgan fingerprint density at radius 3 is 2.13 bits per heavy atom. The van der Waals surface area contributed by atoms with Crippen molar-refractivity contribution >= 4 is 34.2 Å². The molecule has 0 atom stereocenters. The molecule has 0 aliphatic rings. The Balaban J connectivity index is 1.73. The van der Waals surface area contributed by atoms with Crippen molar-refractivity contribution in [3.63, 3.8) is 0 Å². The van der Waals surface area contributed by atoms with Crippen LogP contribution in [0.1, 0.15) is 56.2 Å². The fourth-order valence-corrected chi connectivity index (χ4v) is 3.87. The molecule has 4 rings (SSSR count). The second kappa shape index (κ2) is 9.13. The SMILES string of the molecule is CC(C)c1cccc(C(C)C)c1N=Cc1ccccc1Nc1cccc2cccnc12. The molecule has 3 heteroatoms.